The molecule has 32 heavy (non-hydrogen) atoms. The number of carbonyl (C=O) groups excluding carboxylic acids is 1. The number of halogens is 1. The van der Waals surface area contributed by atoms with Crippen LogP contribution in [0.3, 0.4) is 0 Å². The van der Waals surface area contributed by atoms with E-state index >= 15 is 0 Å². The predicted molar refractivity (Wildman–Crippen MR) is 132 cm³/mol. The third-order valence-electron chi connectivity index (χ3n) is 5.43. The number of rotatable bonds is 6. The van der Waals surface area contributed by atoms with Crippen molar-refractivity contribution in [2.24, 2.45) is 4.99 Å². The minimum absolute atomic E-state index is 0.268. The van der Waals surface area contributed by atoms with Crippen LogP contribution in [-0.2, 0) is 13.0 Å². The number of anilines is 1. The summed E-state index contributed by atoms with van der Waals surface area (Å²) in [6, 6.07) is 13.0. The van der Waals surface area contributed by atoms with Crippen LogP contribution in [0.1, 0.15) is 45.4 Å². The summed E-state index contributed by atoms with van der Waals surface area (Å²) >= 11 is 6.05. The van der Waals surface area contributed by atoms with Crippen LogP contribution in [0.5, 0.6) is 0 Å². The maximum absolute atomic E-state index is 12.8. The molecule has 0 atom stereocenters. The van der Waals surface area contributed by atoms with E-state index in [0.29, 0.717) is 23.1 Å². The van der Waals surface area contributed by atoms with Crippen LogP contribution in [0.2, 0.25) is 5.02 Å². The van der Waals surface area contributed by atoms with E-state index in [-0.39, 0.29) is 5.91 Å². The molecule has 2 N–H and O–H groups in total. The van der Waals surface area contributed by atoms with Crippen LogP contribution in [-0.4, -0.2) is 28.2 Å². The number of hydrogen-bond acceptors (Lipinski definition) is 3. The van der Waals surface area contributed by atoms with E-state index in [0.717, 1.165) is 41.2 Å². The number of aromatic nitrogens is 2. The lowest BCUT2D eigenvalue weighted by Gasteiger charge is -2.14. The van der Waals surface area contributed by atoms with Crippen molar-refractivity contribution in [3.8, 4) is 0 Å². The maximum Gasteiger partial charge on any atom is 0.258 e. The van der Waals surface area contributed by atoms with Crippen LogP contribution >= 0.6 is 11.6 Å². The standard InChI is InChI=1S/C25H30ClN5O/c1-6-31-19(5)22(18(4)30-31)12-13-27-25(28-23-14-16(2)10-11-17(23)3)29-24(32)20-8-7-9-21(26)15-20/h7-11,14-15H,6,12-13H2,1-5H3,(H2,27,28,29,32). The SMILES string of the molecule is CCn1nc(C)c(CCN=C(NC(=O)c2cccc(Cl)c2)Nc2cc(C)ccc2C)c1C. The third-order valence-corrected chi connectivity index (χ3v) is 5.66. The molecule has 3 aromatic rings. The van der Waals surface area contributed by atoms with Crippen LogP contribution in [0, 0.1) is 27.7 Å². The largest absolute Gasteiger partial charge is 0.326 e. The van der Waals surface area contributed by atoms with Gasteiger partial charge in [0.15, 0.2) is 0 Å². The lowest BCUT2D eigenvalue weighted by Crippen LogP contribution is -2.36. The number of benzene rings is 2. The number of carbonyl (C=O) groups is 1. The molecule has 1 heterocycles. The highest BCUT2D eigenvalue weighted by Gasteiger charge is 2.13. The quantitative estimate of drug-likeness (QED) is 0.398. The fourth-order valence-corrected chi connectivity index (χ4v) is 3.79. The Bertz CT molecular complexity index is 1150. The zero-order valence-corrected chi connectivity index (χ0v) is 20.0. The third kappa shape index (κ3) is 5.77. The van der Waals surface area contributed by atoms with Crippen LogP contribution in [0.25, 0.3) is 0 Å². The van der Waals surface area contributed by atoms with E-state index in [1.807, 2.05) is 37.6 Å². The minimum Gasteiger partial charge on any atom is -0.326 e. The van der Waals surface area contributed by atoms with Crippen molar-refractivity contribution < 1.29 is 4.79 Å². The number of guanidine groups is 1. The summed E-state index contributed by atoms with van der Waals surface area (Å²) in [5.41, 5.74) is 6.94. The van der Waals surface area contributed by atoms with E-state index in [9.17, 15) is 4.79 Å². The lowest BCUT2D eigenvalue weighted by molar-refractivity contribution is 0.0977. The van der Waals surface area contributed by atoms with E-state index in [1.54, 1.807) is 24.3 Å². The van der Waals surface area contributed by atoms with Gasteiger partial charge in [0, 0.05) is 35.1 Å². The van der Waals surface area contributed by atoms with E-state index in [1.165, 1.54) is 5.56 Å². The van der Waals surface area contributed by atoms with Crippen molar-refractivity contribution in [1.29, 1.82) is 0 Å². The zero-order valence-electron chi connectivity index (χ0n) is 19.3. The van der Waals surface area contributed by atoms with Gasteiger partial charge in [0.25, 0.3) is 5.91 Å². The summed E-state index contributed by atoms with van der Waals surface area (Å²) < 4.78 is 2.00. The average Bonchev–Trinajstić information content (AvgIpc) is 3.03. The summed E-state index contributed by atoms with van der Waals surface area (Å²) in [6.07, 6.45) is 0.739. The Balaban J connectivity index is 1.83. The van der Waals surface area contributed by atoms with Gasteiger partial charge in [0.05, 0.1) is 5.69 Å². The Labute approximate surface area is 194 Å². The summed E-state index contributed by atoms with van der Waals surface area (Å²) in [7, 11) is 0. The number of nitrogens with zero attached hydrogens (tertiary/aromatic N) is 3. The van der Waals surface area contributed by atoms with Gasteiger partial charge in [-0.05, 0) is 82.0 Å². The van der Waals surface area contributed by atoms with Gasteiger partial charge in [-0.15, -0.1) is 0 Å². The fraction of sp³-hybridized carbons (Fsp3) is 0.320. The summed E-state index contributed by atoms with van der Waals surface area (Å²) in [4.78, 5) is 17.5. The maximum atomic E-state index is 12.8. The number of hydrogen-bond donors (Lipinski definition) is 2. The molecule has 0 aliphatic heterocycles. The highest BCUT2D eigenvalue weighted by atomic mass is 35.5. The van der Waals surface area contributed by atoms with Crippen molar-refractivity contribution in [3.63, 3.8) is 0 Å². The number of amides is 1. The molecule has 0 spiro atoms. The second kappa shape index (κ2) is 10.5. The molecule has 0 aliphatic rings. The van der Waals surface area contributed by atoms with E-state index in [2.05, 4.69) is 35.6 Å². The molecule has 0 saturated carbocycles. The monoisotopic (exact) mass is 451 g/mol. The molecule has 6 nitrogen and oxygen atoms in total. The molecule has 3 rings (SSSR count). The van der Waals surface area contributed by atoms with Gasteiger partial charge < -0.3 is 5.32 Å². The molecule has 0 fully saturated rings. The average molecular weight is 452 g/mol. The second-order valence-corrected chi connectivity index (χ2v) is 8.29. The normalized spacial score (nSPS) is 11.5. The van der Waals surface area contributed by atoms with Crippen LogP contribution in [0.4, 0.5) is 5.69 Å². The predicted octanol–water partition coefficient (Wildman–Crippen LogP) is 5.23. The van der Waals surface area contributed by atoms with Crippen LogP contribution < -0.4 is 10.6 Å². The van der Waals surface area contributed by atoms with Crippen LogP contribution in [0.15, 0.2) is 47.5 Å². The number of nitrogens with one attached hydrogen (secondary N) is 2. The minimum atomic E-state index is -0.268. The first-order chi connectivity index (χ1) is 15.3. The fourth-order valence-electron chi connectivity index (χ4n) is 3.60. The van der Waals surface area contributed by atoms with Gasteiger partial charge in [-0.2, -0.15) is 5.10 Å². The molecule has 7 heteroatoms. The molecule has 1 amide bonds. The molecule has 168 valence electrons. The molecular weight excluding hydrogens is 422 g/mol. The number of aliphatic imine (C=N–C) groups is 1. The molecule has 1 aromatic heterocycles. The van der Waals surface area contributed by atoms with Crippen molar-refractivity contribution >= 4 is 29.2 Å². The molecular formula is C25H30ClN5O. The Kier molecular flexibility index (Phi) is 7.70. The van der Waals surface area contributed by atoms with Gasteiger partial charge >= 0.3 is 0 Å². The first-order valence-electron chi connectivity index (χ1n) is 10.8. The van der Waals surface area contributed by atoms with Crippen molar-refractivity contribution in [2.75, 3.05) is 11.9 Å². The molecule has 0 radical (unpaired) electrons. The highest BCUT2D eigenvalue weighted by molar-refractivity contribution is 6.31. The van der Waals surface area contributed by atoms with Crippen molar-refractivity contribution in [3.05, 3.63) is 81.1 Å². The Hall–Kier alpha value is -3.12. The smallest absolute Gasteiger partial charge is 0.258 e. The van der Waals surface area contributed by atoms with E-state index < -0.39 is 0 Å². The Morgan fingerprint density at radius 2 is 1.91 bits per heavy atom. The van der Waals surface area contributed by atoms with Gasteiger partial charge in [-0.1, -0.05) is 29.8 Å². The van der Waals surface area contributed by atoms with E-state index in [4.69, 9.17) is 16.6 Å². The first kappa shape index (κ1) is 23.5. The first-order valence-corrected chi connectivity index (χ1v) is 11.1. The topological polar surface area (TPSA) is 71.3 Å². The van der Waals surface area contributed by atoms with Crippen molar-refractivity contribution in [1.82, 2.24) is 15.1 Å². The summed E-state index contributed by atoms with van der Waals surface area (Å²) in [5, 5.41) is 11.3. The summed E-state index contributed by atoms with van der Waals surface area (Å²) in [6.45, 7) is 11.6. The lowest BCUT2D eigenvalue weighted by atomic mass is 10.1. The van der Waals surface area contributed by atoms with Gasteiger partial charge in [-0.25, -0.2) is 0 Å². The van der Waals surface area contributed by atoms with Gasteiger partial charge in [-0.3, -0.25) is 19.8 Å². The number of aryl methyl sites for hydroxylation is 4. The van der Waals surface area contributed by atoms with Gasteiger partial charge in [0.2, 0.25) is 5.96 Å². The Morgan fingerprint density at radius 3 is 2.59 bits per heavy atom. The molecule has 2 aromatic carbocycles. The highest BCUT2D eigenvalue weighted by Crippen LogP contribution is 2.17. The summed E-state index contributed by atoms with van der Waals surface area (Å²) in [5.74, 6) is 0.136. The molecule has 0 unspecified atom stereocenters. The van der Waals surface area contributed by atoms with Crippen molar-refractivity contribution in [2.45, 2.75) is 47.6 Å². The van der Waals surface area contributed by atoms with Gasteiger partial charge in [0.1, 0.15) is 0 Å². The zero-order chi connectivity index (χ0) is 23.3. The second-order valence-electron chi connectivity index (χ2n) is 7.85. The molecule has 0 bridgehead atoms. The Morgan fingerprint density at radius 1 is 1.12 bits per heavy atom. The molecule has 0 aliphatic carbocycles. The molecule has 0 saturated heterocycles.